The van der Waals surface area contributed by atoms with Crippen molar-refractivity contribution in [2.45, 2.75) is 20.8 Å². The molecule has 2 aromatic rings. The van der Waals surface area contributed by atoms with Gasteiger partial charge in [-0.1, -0.05) is 0 Å². The molecule has 0 aromatic carbocycles. The second kappa shape index (κ2) is 6.59. The van der Waals surface area contributed by atoms with Crippen molar-refractivity contribution in [2.24, 2.45) is 0 Å². The first-order chi connectivity index (χ1) is 11.5. The van der Waals surface area contributed by atoms with Crippen LogP contribution >= 0.6 is 0 Å². The van der Waals surface area contributed by atoms with Crippen molar-refractivity contribution in [1.29, 1.82) is 0 Å². The molecular weight excluding hydrogens is 302 g/mol. The van der Waals surface area contributed by atoms with E-state index in [2.05, 4.69) is 36.7 Å². The van der Waals surface area contributed by atoms with Gasteiger partial charge < -0.3 is 14.7 Å². The Kier molecular flexibility index (Phi) is 4.51. The molecule has 0 bridgehead atoms. The average molecular weight is 327 g/mol. The lowest BCUT2D eigenvalue weighted by Gasteiger charge is -2.36. The van der Waals surface area contributed by atoms with Gasteiger partial charge in [0, 0.05) is 63.3 Å². The highest BCUT2D eigenvalue weighted by atomic mass is 15.3. The molecular formula is C17H25N7. The highest BCUT2D eigenvalue weighted by molar-refractivity contribution is 5.50. The average Bonchev–Trinajstić information content (AvgIpc) is 2.57. The third-order valence-corrected chi connectivity index (χ3v) is 4.46. The smallest absolute Gasteiger partial charge is 0.227 e. The molecule has 1 aliphatic heterocycles. The van der Waals surface area contributed by atoms with Crippen molar-refractivity contribution >= 4 is 17.6 Å². The number of piperazine rings is 1. The Balaban J connectivity index is 1.75. The molecule has 2 aromatic heterocycles. The van der Waals surface area contributed by atoms with Crippen LogP contribution in [0.15, 0.2) is 12.4 Å². The zero-order valence-corrected chi connectivity index (χ0v) is 15.1. The summed E-state index contributed by atoms with van der Waals surface area (Å²) in [5, 5.41) is 0. The molecule has 3 heterocycles. The minimum Gasteiger partial charge on any atom is -0.363 e. The molecule has 0 radical (unpaired) electrons. The lowest BCUT2D eigenvalue weighted by Crippen LogP contribution is -2.47. The maximum absolute atomic E-state index is 4.68. The second-order valence-electron chi connectivity index (χ2n) is 6.44. The number of hydrogen-bond donors (Lipinski definition) is 0. The molecule has 24 heavy (non-hydrogen) atoms. The van der Waals surface area contributed by atoms with E-state index in [4.69, 9.17) is 0 Å². The Bertz CT molecular complexity index is 721. The van der Waals surface area contributed by atoms with Gasteiger partial charge in [0.25, 0.3) is 0 Å². The predicted octanol–water partition coefficient (Wildman–Crippen LogP) is 1.58. The van der Waals surface area contributed by atoms with Crippen molar-refractivity contribution < 1.29 is 0 Å². The fourth-order valence-electron chi connectivity index (χ4n) is 2.87. The molecule has 0 amide bonds. The minimum atomic E-state index is 0.814. The van der Waals surface area contributed by atoms with Gasteiger partial charge >= 0.3 is 0 Å². The van der Waals surface area contributed by atoms with Crippen LogP contribution in [0.3, 0.4) is 0 Å². The fraction of sp³-hybridized carbons (Fsp3) is 0.529. The van der Waals surface area contributed by atoms with Crippen LogP contribution in [0.4, 0.5) is 17.6 Å². The summed E-state index contributed by atoms with van der Waals surface area (Å²) in [6.45, 7) is 9.72. The van der Waals surface area contributed by atoms with Gasteiger partial charge in [-0.3, -0.25) is 0 Å². The van der Waals surface area contributed by atoms with E-state index in [1.165, 1.54) is 0 Å². The molecule has 7 heteroatoms. The van der Waals surface area contributed by atoms with Crippen molar-refractivity contribution in [3.8, 4) is 0 Å². The van der Waals surface area contributed by atoms with Gasteiger partial charge in [0.15, 0.2) is 0 Å². The van der Waals surface area contributed by atoms with E-state index in [1.54, 1.807) is 6.33 Å². The molecule has 3 rings (SSSR count). The summed E-state index contributed by atoms with van der Waals surface area (Å²) in [4.78, 5) is 24.6. The number of rotatable bonds is 3. The Morgan fingerprint density at radius 3 is 2.25 bits per heavy atom. The first-order valence-corrected chi connectivity index (χ1v) is 8.27. The Hall–Kier alpha value is -2.44. The molecule has 0 N–H and O–H groups in total. The summed E-state index contributed by atoms with van der Waals surface area (Å²) < 4.78 is 0. The number of nitrogens with zero attached hydrogens (tertiary/aromatic N) is 7. The molecule has 0 spiro atoms. The molecule has 0 unspecified atom stereocenters. The van der Waals surface area contributed by atoms with Crippen LogP contribution in [0.2, 0.25) is 0 Å². The van der Waals surface area contributed by atoms with Crippen molar-refractivity contribution in [1.82, 2.24) is 19.9 Å². The van der Waals surface area contributed by atoms with E-state index in [1.807, 2.05) is 38.9 Å². The largest absolute Gasteiger partial charge is 0.363 e. The van der Waals surface area contributed by atoms with Gasteiger partial charge in [-0.25, -0.2) is 15.0 Å². The van der Waals surface area contributed by atoms with E-state index in [-0.39, 0.29) is 0 Å². The van der Waals surface area contributed by atoms with Gasteiger partial charge in [-0.05, 0) is 20.8 Å². The summed E-state index contributed by atoms with van der Waals surface area (Å²) in [6, 6.07) is 2.01. The van der Waals surface area contributed by atoms with Crippen LogP contribution in [0.5, 0.6) is 0 Å². The second-order valence-corrected chi connectivity index (χ2v) is 6.44. The van der Waals surface area contributed by atoms with Crippen molar-refractivity contribution in [3.63, 3.8) is 0 Å². The monoisotopic (exact) mass is 327 g/mol. The van der Waals surface area contributed by atoms with E-state index in [0.717, 1.165) is 60.7 Å². The van der Waals surface area contributed by atoms with Gasteiger partial charge in [0.2, 0.25) is 5.95 Å². The first-order valence-electron chi connectivity index (χ1n) is 8.27. The highest BCUT2D eigenvalue weighted by Crippen LogP contribution is 2.22. The fourth-order valence-corrected chi connectivity index (χ4v) is 2.87. The molecule has 0 aliphatic carbocycles. The number of hydrogen-bond acceptors (Lipinski definition) is 7. The predicted molar refractivity (Wildman–Crippen MR) is 97.0 cm³/mol. The van der Waals surface area contributed by atoms with Crippen LogP contribution in [-0.4, -0.2) is 60.2 Å². The van der Waals surface area contributed by atoms with E-state index >= 15 is 0 Å². The molecule has 7 nitrogen and oxygen atoms in total. The van der Waals surface area contributed by atoms with Gasteiger partial charge in [-0.2, -0.15) is 4.98 Å². The van der Waals surface area contributed by atoms with Crippen LogP contribution in [0, 0.1) is 20.8 Å². The van der Waals surface area contributed by atoms with E-state index < -0.39 is 0 Å². The van der Waals surface area contributed by atoms with E-state index in [0.29, 0.717) is 0 Å². The lowest BCUT2D eigenvalue weighted by atomic mass is 10.2. The van der Waals surface area contributed by atoms with Gasteiger partial charge in [-0.15, -0.1) is 0 Å². The number of aromatic nitrogens is 4. The molecule has 1 fully saturated rings. The number of aryl methyl sites for hydroxylation is 2. The van der Waals surface area contributed by atoms with Gasteiger partial charge in [0.1, 0.15) is 18.0 Å². The summed E-state index contributed by atoms with van der Waals surface area (Å²) in [6.07, 6.45) is 1.65. The summed E-state index contributed by atoms with van der Waals surface area (Å²) in [5.74, 6) is 2.80. The zero-order valence-electron chi connectivity index (χ0n) is 15.1. The lowest BCUT2D eigenvalue weighted by molar-refractivity contribution is 0.631. The zero-order chi connectivity index (χ0) is 17.3. The molecule has 1 saturated heterocycles. The third kappa shape index (κ3) is 3.25. The molecule has 128 valence electrons. The topological polar surface area (TPSA) is 61.3 Å². The third-order valence-electron chi connectivity index (χ3n) is 4.46. The summed E-state index contributed by atoms with van der Waals surface area (Å²) in [5.41, 5.74) is 3.20. The number of anilines is 3. The summed E-state index contributed by atoms with van der Waals surface area (Å²) >= 11 is 0. The van der Waals surface area contributed by atoms with Gasteiger partial charge in [0.05, 0.1) is 0 Å². The standard InChI is InChI=1S/C17H25N7/c1-12-10-15(22(4)5)21-17(20-12)24-8-6-23(7-9-24)16-13(2)14(3)18-11-19-16/h10-11H,6-9H2,1-5H3. The Morgan fingerprint density at radius 2 is 1.58 bits per heavy atom. The molecule has 0 saturated carbocycles. The Morgan fingerprint density at radius 1 is 0.917 bits per heavy atom. The maximum atomic E-state index is 4.68. The summed E-state index contributed by atoms with van der Waals surface area (Å²) in [7, 11) is 4.01. The quantitative estimate of drug-likeness (QED) is 0.848. The van der Waals surface area contributed by atoms with E-state index in [9.17, 15) is 0 Å². The first kappa shape index (κ1) is 16.4. The van der Waals surface area contributed by atoms with Crippen molar-refractivity contribution in [3.05, 3.63) is 29.3 Å². The van der Waals surface area contributed by atoms with Crippen LogP contribution in [0.1, 0.15) is 17.0 Å². The van der Waals surface area contributed by atoms with Crippen LogP contribution in [0.25, 0.3) is 0 Å². The van der Waals surface area contributed by atoms with Crippen LogP contribution < -0.4 is 14.7 Å². The Labute approximate surface area is 143 Å². The maximum Gasteiger partial charge on any atom is 0.227 e. The minimum absolute atomic E-state index is 0.814. The SMILES string of the molecule is Cc1cc(N(C)C)nc(N2CCN(c3ncnc(C)c3C)CC2)n1. The molecule has 1 aliphatic rings. The van der Waals surface area contributed by atoms with Crippen LogP contribution in [-0.2, 0) is 0 Å². The highest BCUT2D eigenvalue weighted by Gasteiger charge is 2.22. The normalized spacial score (nSPS) is 14.9. The van der Waals surface area contributed by atoms with Crippen molar-refractivity contribution in [2.75, 3.05) is 55.0 Å². The molecule has 0 atom stereocenters.